The molecule has 2 fully saturated rings. The quantitative estimate of drug-likeness (QED) is 0.320. The van der Waals surface area contributed by atoms with Gasteiger partial charge in [0.05, 0.1) is 19.8 Å². The first-order valence-corrected chi connectivity index (χ1v) is 13.8. The number of carbonyl (C=O) groups is 2. The standard InChI is InChI=1S/C25H27F2NO2.C5H10.CH3NO.CH2O2/c1-17-6-4-8-20-19(17)7-5-9-21(20)23-22(29-2)11-10-18(24(23)30-3)16-28-14-12-25(26,27)13-15-28;1-2-5-3-4-5;2*2-1-3/h4-11H,12-16H2,1-3H3;5H,2-4H2,1H3;1H,(H2,2,3);1H,(H,2,3). The second-order valence-electron chi connectivity index (χ2n) is 10.0. The summed E-state index contributed by atoms with van der Waals surface area (Å²) in [4.78, 5) is 19.0. The summed E-state index contributed by atoms with van der Waals surface area (Å²) >= 11 is 0. The van der Waals surface area contributed by atoms with Gasteiger partial charge >= 0.3 is 0 Å². The lowest BCUT2D eigenvalue weighted by atomic mass is 9.93. The lowest BCUT2D eigenvalue weighted by molar-refractivity contribution is -0.122. The lowest BCUT2D eigenvalue weighted by Gasteiger charge is -2.32. The molecule has 3 aromatic rings. The number of carboxylic acid groups (broad SMARTS) is 1. The normalized spacial score (nSPS) is 15.6. The van der Waals surface area contributed by atoms with Crippen molar-refractivity contribution in [3.8, 4) is 22.6 Å². The summed E-state index contributed by atoms with van der Waals surface area (Å²) in [5.74, 6) is 0.0532. The second-order valence-corrected chi connectivity index (χ2v) is 10.0. The van der Waals surface area contributed by atoms with Crippen molar-refractivity contribution in [3.05, 3.63) is 59.7 Å². The van der Waals surface area contributed by atoms with Gasteiger partial charge in [-0.3, -0.25) is 14.5 Å². The Morgan fingerprint density at radius 1 is 1.00 bits per heavy atom. The van der Waals surface area contributed by atoms with Gasteiger partial charge in [0, 0.05) is 38.0 Å². The van der Waals surface area contributed by atoms with E-state index in [0.717, 1.165) is 39.5 Å². The number of aryl methyl sites for hydroxylation is 1. The van der Waals surface area contributed by atoms with Crippen LogP contribution in [-0.2, 0) is 16.1 Å². The summed E-state index contributed by atoms with van der Waals surface area (Å²) in [6.07, 6.45) is 4.49. The zero-order valence-electron chi connectivity index (χ0n) is 24.4. The van der Waals surface area contributed by atoms with Crippen LogP contribution < -0.4 is 15.2 Å². The fraction of sp³-hybridized carbons (Fsp3) is 0.438. The summed E-state index contributed by atoms with van der Waals surface area (Å²) < 4.78 is 38.7. The first kappa shape index (κ1) is 33.5. The molecule has 1 heterocycles. The van der Waals surface area contributed by atoms with E-state index < -0.39 is 5.92 Å². The van der Waals surface area contributed by atoms with E-state index in [9.17, 15) is 8.78 Å². The van der Waals surface area contributed by atoms with Crippen molar-refractivity contribution in [1.82, 2.24) is 4.90 Å². The van der Waals surface area contributed by atoms with E-state index in [0.29, 0.717) is 19.6 Å². The number of likely N-dealkylation sites (tertiary alicyclic amines) is 1. The highest BCUT2D eigenvalue weighted by atomic mass is 19.3. The Kier molecular flexibility index (Phi) is 13.5. The molecule has 224 valence electrons. The number of hydrogen-bond donors (Lipinski definition) is 2. The molecule has 0 spiro atoms. The van der Waals surface area contributed by atoms with Crippen LogP contribution >= 0.6 is 0 Å². The largest absolute Gasteiger partial charge is 0.496 e. The Balaban J connectivity index is 0.000000454. The minimum Gasteiger partial charge on any atom is -0.496 e. The Hall–Kier alpha value is -3.72. The molecule has 1 aliphatic carbocycles. The van der Waals surface area contributed by atoms with Crippen molar-refractivity contribution in [2.45, 2.75) is 58.4 Å². The van der Waals surface area contributed by atoms with E-state index in [4.69, 9.17) is 24.2 Å². The van der Waals surface area contributed by atoms with Gasteiger partial charge in [0.1, 0.15) is 11.5 Å². The molecule has 7 nitrogen and oxygen atoms in total. The number of methoxy groups -OCH3 is 2. The van der Waals surface area contributed by atoms with Crippen LogP contribution in [0.1, 0.15) is 50.2 Å². The molecule has 1 aliphatic heterocycles. The number of carbonyl (C=O) groups excluding carboxylic acids is 1. The van der Waals surface area contributed by atoms with Crippen LogP contribution in [0.5, 0.6) is 11.5 Å². The number of nitrogens with two attached hydrogens (primary N) is 1. The number of nitrogens with zero attached hydrogens (tertiary/aromatic N) is 1. The third-order valence-corrected chi connectivity index (χ3v) is 7.29. The molecular formula is C32H42F2N2O5. The predicted octanol–water partition coefficient (Wildman–Crippen LogP) is 6.67. The molecule has 9 heteroatoms. The maximum atomic E-state index is 13.6. The van der Waals surface area contributed by atoms with Crippen LogP contribution in [0, 0.1) is 12.8 Å². The molecule has 41 heavy (non-hydrogen) atoms. The number of amides is 1. The van der Waals surface area contributed by atoms with Gasteiger partial charge in [-0.15, -0.1) is 0 Å². The fourth-order valence-electron chi connectivity index (χ4n) is 4.88. The molecule has 0 aromatic heterocycles. The Labute approximate surface area is 241 Å². The van der Waals surface area contributed by atoms with Gasteiger partial charge in [-0.25, -0.2) is 8.78 Å². The van der Waals surface area contributed by atoms with E-state index in [1.165, 1.54) is 30.2 Å². The number of benzene rings is 3. The van der Waals surface area contributed by atoms with Crippen molar-refractivity contribution in [1.29, 1.82) is 0 Å². The van der Waals surface area contributed by atoms with E-state index in [2.05, 4.69) is 54.8 Å². The van der Waals surface area contributed by atoms with Gasteiger partial charge in [0.2, 0.25) is 6.41 Å². The highest BCUT2D eigenvalue weighted by Gasteiger charge is 2.34. The number of piperidine rings is 1. The molecule has 1 amide bonds. The van der Waals surface area contributed by atoms with Crippen molar-refractivity contribution in [2.75, 3.05) is 27.3 Å². The predicted molar refractivity (Wildman–Crippen MR) is 159 cm³/mol. The van der Waals surface area contributed by atoms with Gasteiger partial charge in [-0.1, -0.05) is 68.7 Å². The summed E-state index contributed by atoms with van der Waals surface area (Å²) in [5.41, 5.74) is 8.29. The van der Waals surface area contributed by atoms with E-state index in [1.807, 2.05) is 18.2 Å². The SMILES string of the molecule is CCC1CC1.COc1ccc(CN2CCC(F)(F)CC2)c(OC)c1-c1cccc2c(C)cccc12.NC=O.O=CO. The Morgan fingerprint density at radius 3 is 2.10 bits per heavy atom. The van der Waals surface area contributed by atoms with Crippen LogP contribution in [0.25, 0.3) is 21.9 Å². The third-order valence-electron chi connectivity index (χ3n) is 7.29. The number of halogens is 2. The molecule has 1 saturated carbocycles. The summed E-state index contributed by atoms with van der Waals surface area (Å²) in [7, 11) is 3.31. The Morgan fingerprint density at radius 2 is 1.59 bits per heavy atom. The maximum Gasteiger partial charge on any atom is 0.290 e. The number of fused-ring (bicyclic) bond motifs is 1. The first-order chi connectivity index (χ1) is 19.7. The van der Waals surface area contributed by atoms with Gasteiger partial charge in [-0.05, 0) is 40.8 Å². The molecule has 0 unspecified atom stereocenters. The second kappa shape index (κ2) is 16.5. The summed E-state index contributed by atoms with van der Waals surface area (Å²) in [6, 6.07) is 16.4. The smallest absolute Gasteiger partial charge is 0.290 e. The highest BCUT2D eigenvalue weighted by Crippen LogP contribution is 2.44. The lowest BCUT2D eigenvalue weighted by Crippen LogP contribution is -2.38. The zero-order chi connectivity index (χ0) is 30.4. The van der Waals surface area contributed by atoms with Crippen LogP contribution in [0.3, 0.4) is 0 Å². The van der Waals surface area contributed by atoms with Crippen molar-refractivity contribution >= 4 is 23.7 Å². The maximum absolute atomic E-state index is 13.6. The average Bonchev–Trinajstić information content (AvgIpc) is 3.80. The molecule has 3 N–H and O–H groups in total. The van der Waals surface area contributed by atoms with E-state index in [-0.39, 0.29) is 25.7 Å². The average molecular weight is 573 g/mol. The van der Waals surface area contributed by atoms with Crippen molar-refractivity contribution in [3.63, 3.8) is 0 Å². The number of rotatable bonds is 6. The molecule has 3 aromatic carbocycles. The van der Waals surface area contributed by atoms with Gasteiger partial charge in [0.15, 0.2) is 0 Å². The minimum absolute atomic E-state index is 0.0963. The highest BCUT2D eigenvalue weighted by molar-refractivity contribution is 6.01. The molecule has 2 aliphatic rings. The first-order valence-electron chi connectivity index (χ1n) is 13.8. The summed E-state index contributed by atoms with van der Waals surface area (Å²) in [6.45, 7) is 5.44. The van der Waals surface area contributed by atoms with Crippen LogP contribution in [0.15, 0.2) is 48.5 Å². The topological polar surface area (TPSA) is 102 Å². The molecule has 1 saturated heterocycles. The summed E-state index contributed by atoms with van der Waals surface area (Å²) in [5, 5.41) is 9.20. The fourth-order valence-corrected chi connectivity index (χ4v) is 4.88. The molecule has 5 rings (SSSR count). The molecule has 0 radical (unpaired) electrons. The van der Waals surface area contributed by atoms with Gasteiger partial charge in [0.25, 0.3) is 12.4 Å². The number of hydrogen-bond acceptors (Lipinski definition) is 5. The number of alkyl halides is 2. The van der Waals surface area contributed by atoms with Crippen molar-refractivity contribution < 1.29 is 33.0 Å². The zero-order valence-corrected chi connectivity index (χ0v) is 24.4. The molecule has 0 bridgehead atoms. The minimum atomic E-state index is -2.55. The van der Waals surface area contributed by atoms with Crippen LogP contribution in [0.2, 0.25) is 0 Å². The van der Waals surface area contributed by atoms with Crippen molar-refractivity contribution in [2.24, 2.45) is 11.7 Å². The van der Waals surface area contributed by atoms with Gasteiger partial charge in [-0.2, -0.15) is 0 Å². The Bertz CT molecular complexity index is 1250. The number of primary amides is 1. The van der Waals surface area contributed by atoms with Crippen LogP contribution in [-0.4, -0.2) is 56.1 Å². The van der Waals surface area contributed by atoms with E-state index in [1.54, 1.807) is 14.2 Å². The van der Waals surface area contributed by atoms with E-state index >= 15 is 0 Å². The monoisotopic (exact) mass is 572 g/mol. The van der Waals surface area contributed by atoms with Crippen LogP contribution in [0.4, 0.5) is 8.78 Å². The third kappa shape index (κ3) is 9.70. The molecule has 0 atom stereocenters. The van der Waals surface area contributed by atoms with Gasteiger partial charge < -0.3 is 20.3 Å². The molecular weight excluding hydrogens is 530 g/mol. The number of ether oxygens (including phenoxy) is 2.